The fraction of sp³-hybridized carbons (Fsp3) is 0.882. The van der Waals surface area contributed by atoms with Crippen molar-refractivity contribution in [2.75, 3.05) is 6.54 Å². The van der Waals surface area contributed by atoms with Crippen LogP contribution in [0.5, 0.6) is 0 Å². The molecule has 0 aromatic carbocycles. The summed E-state index contributed by atoms with van der Waals surface area (Å²) in [5.74, 6) is 1.85. The summed E-state index contributed by atoms with van der Waals surface area (Å²) in [6.07, 6.45) is 8.11. The molecule has 4 heteroatoms. The maximum Gasteiger partial charge on any atom is 0.138 e. The Hall–Kier alpha value is -0.900. The predicted molar refractivity (Wildman–Crippen MR) is 87.3 cm³/mol. The number of rotatable bonds is 6. The molecule has 0 radical (unpaired) electrons. The van der Waals surface area contributed by atoms with Crippen LogP contribution in [0.1, 0.15) is 72.2 Å². The standard InChI is InChI=1S/C17H32N4/c1-6-18-15(14-9-7-8-10-17(14,4)5)11-16-19-12-20-21(16)13(2)3/h12-15,18H,6-11H2,1-5H3. The molecule has 1 heterocycles. The SMILES string of the molecule is CCNC(Cc1ncnn1C(C)C)C1CCCCC1(C)C. The zero-order chi connectivity index (χ0) is 15.5. The lowest BCUT2D eigenvalue weighted by Crippen LogP contribution is -2.46. The Morgan fingerprint density at radius 1 is 1.38 bits per heavy atom. The predicted octanol–water partition coefficient (Wildman–Crippen LogP) is 3.60. The van der Waals surface area contributed by atoms with Gasteiger partial charge >= 0.3 is 0 Å². The zero-order valence-electron chi connectivity index (χ0n) is 14.4. The van der Waals surface area contributed by atoms with E-state index in [1.807, 2.05) is 0 Å². The third-order valence-electron chi connectivity index (χ3n) is 5.08. The Kier molecular flexibility index (Phi) is 5.42. The summed E-state index contributed by atoms with van der Waals surface area (Å²) in [5.41, 5.74) is 0.424. The molecule has 1 aliphatic carbocycles. The van der Waals surface area contributed by atoms with Crippen LogP contribution < -0.4 is 5.32 Å². The molecule has 21 heavy (non-hydrogen) atoms. The van der Waals surface area contributed by atoms with E-state index in [9.17, 15) is 0 Å². The highest BCUT2D eigenvalue weighted by molar-refractivity contribution is 4.98. The first-order chi connectivity index (χ1) is 9.95. The smallest absolute Gasteiger partial charge is 0.138 e. The molecule has 0 aliphatic heterocycles. The van der Waals surface area contributed by atoms with Gasteiger partial charge in [0.15, 0.2) is 0 Å². The highest BCUT2D eigenvalue weighted by Gasteiger charge is 2.37. The summed E-state index contributed by atoms with van der Waals surface area (Å²) in [7, 11) is 0. The summed E-state index contributed by atoms with van der Waals surface area (Å²) >= 11 is 0. The van der Waals surface area contributed by atoms with Crippen LogP contribution in [-0.4, -0.2) is 27.4 Å². The van der Waals surface area contributed by atoms with Gasteiger partial charge in [-0.3, -0.25) is 0 Å². The molecule has 1 N–H and O–H groups in total. The van der Waals surface area contributed by atoms with Crippen LogP contribution in [0.3, 0.4) is 0 Å². The number of aromatic nitrogens is 3. The minimum absolute atomic E-state index is 0.379. The Labute approximate surface area is 129 Å². The summed E-state index contributed by atoms with van der Waals surface area (Å²) in [5, 5.41) is 8.12. The van der Waals surface area contributed by atoms with Gasteiger partial charge < -0.3 is 5.32 Å². The summed E-state index contributed by atoms with van der Waals surface area (Å²) in [6, 6.07) is 0.885. The van der Waals surface area contributed by atoms with Crippen molar-refractivity contribution in [3.05, 3.63) is 12.2 Å². The molecule has 1 saturated carbocycles. The molecular weight excluding hydrogens is 260 g/mol. The number of hydrogen-bond donors (Lipinski definition) is 1. The summed E-state index contributed by atoms with van der Waals surface area (Å²) in [6.45, 7) is 12.4. The molecule has 4 nitrogen and oxygen atoms in total. The Balaban J connectivity index is 2.16. The van der Waals surface area contributed by atoms with Crippen molar-refractivity contribution in [2.24, 2.45) is 11.3 Å². The molecule has 0 spiro atoms. The molecular formula is C17H32N4. The highest BCUT2D eigenvalue weighted by atomic mass is 15.3. The van der Waals surface area contributed by atoms with E-state index in [-0.39, 0.29) is 0 Å². The van der Waals surface area contributed by atoms with Crippen LogP contribution in [0.25, 0.3) is 0 Å². The number of nitrogens with zero attached hydrogens (tertiary/aromatic N) is 3. The molecule has 1 fully saturated rings. The van der Waals surface area contributed by atoms with Crippen molar-refractivity contribution in [2.45, 2.75) is 78.8 Å². The van der Waals surface area contributed by atoms with Crippen LogP contribution in [0.4, 0.5) is 0 Å². The summed E-state index contributed by atoms with van der Waals surface area (Å²) in [4.78, 5) is 4.51. The third kappa shape index (κ3) is 3.85. The average Bonchev–Trinajstić information content (AvgIpc) is 2.86. The molecule has 1 aliphatic rings. The van der Waals surface area contributed by atoms with E-state index in [1.165, 1.54) is 25.7 Å². The monoisotopic (exact) mass is 292 g/mol. The second-order valence-electron chi connectivity index (χ2n) is 7.42. The first-order valence-electron chi connectivity index (χ1n) is 8.57. The normalized spacial score (nSPS) is 23.4. The second kappa shape index (κ2) is 6.91. The maximum atomic E-state index is 4.51. The molecule has 120 valence electrons. The van der Waals surface area contributed by atoms with Crippen LogP contribution in [0.2, 0.25) is 0 Å². The lowest BCUT2D eigenvalue weighted by Gasteiger charge is -2.43. The van der Waals surface area contributed by atoms with Gasteiger partial charge in [-0.2, -0.15) is 5.10 Å². The van der Waals surface area contributed by atoms with Crippen molar-refractivity contribution in [3.63, 3.8) is 0 Å². The maximum absolute atomic E-state index is 4.51. The van der Waals surface area contributed by atoms with Crippen LogP contribution in [-0.2, 0) is 6.42 Å². The Bertz CT molecular complexity index is 436. The van der Waals surface area contributed by atoms with Crippen molar-refractivity contribution in [1.82, 2.24) is 20.1 Å². The number of nitrogens with one attached hydrogen (secondary N) is 1. The molecule has 0 bridgehead atoms. The van der Waals surface area contributed by atoms with E-state index in [0.717, 1.165) is 24.7 Å². The van der Waals surface area contributed by atoms with Gasteiger partial charge in [-0.1, -0.05) is 33.6 Å². The minimum Gasteiger partial charge on any atom is -0.314 e. The van der Waals surface area contributed by atoms with Crippen LogP contribution in [0, 0.1) is 11.3 Å². The van der Waals surface area contributed by atoms with E-state index in [4.69, 9.17) is 0 Å². The fourth-order valence-corrected chi connectivity index (χ4v) is 3.93. The quantitative estimate of drug-likeness (QED) is 0.871. The summed E-state index contributed by atoms with van der Waals surface area (Å²) < 4.78 is 2.07. The Morgan fingerprint density at radius 3 is 2.76 bits per heavy atom. The average molecular weight is 292 g/mol. The van der Waals surface area contributed by atoms with Crippen LogP contribution >= 0.6 is 0 Å². The fourth-order valence-electron chi connectivity index (χ4n) is 3.93. The van der Waals surface area contributed by atoms with Gasteiger partial charge in [-0.15, -0.1) is 0 Å². The van der Waals surface area contributed by atoms with Gasteiger partial charge in [0.1, 0.15) is 12.2 Å². The molecule has 1 aromatic heterocycles. The molecule has 1 aromatic rings. The van der Waals surface area contributed by atoms with Crippen molar-refractivity contribution in [3.8, 4) is 0 Å². The topological polar surface area (TPSA) is 42.7 Å². The van der Waals surface area contributed by atoms with Crippen molar-refractivity contribution in [1.29, 1.82) is 0 Å². The van der Waals surface area contributed by atoms with E-state index in [2.05, 4.69) is 54.7 Å². The second-order valence-corrected chi connectivity index (χ2v) is 7.42. The molecule has 2 atom stereocenters. The molecule has 2 rings (SSSR count). The van der Waals surface area contributed by atoms with Gasteiger partial charge in [-0.05, 0) is 44.6 Å². The van der Waals surface area contributed by atoms with E-state index in [0.29, 0.717) is 17.5 Å². The first kappa shape index (κ1) is 16.5. The van der Waals surface area contributed by atoms with Gasteiger partial charge in [0.2, 0.25) is 0 Å². The van der Waals surface area contributed by atoms with Gasteiger partial charge in [0, 0.05) is 18.5 Å². The van der Waals surface area contributed by atoms with Gasteiger partial charge in [0.25, 0.3) is 0 Å². The zero-order valence-corrected chi connectivity index (χ0v) is 14.4. The Morgan fingerprint density at radius 2 is 2.14 bits per heavy atom. The highest BCUT2D eigenvalue weighted by Crippen LogP contribution is 2.42. The number of likely N-dealkylation sites (N-methyl/N-ethyl adjacent to an activating group) is 1. The van der Waals surface area contributed by atoms with E-state index < -0.39 is 0 Å². The van der Waals surface area contributed by atoms with Crippen molar-refractivity contribution >= 4 is 0 Å². The van der Waals surface area contributed by atoms with Crippen molar-refractivity contribution < 1.29 is 0 Å². The van der Waals surface area contributed by atoms with Crippen LogP contribution in [0.15, 0.2) is 6.33 Å². The first-order valence-corrected chi connectivity index (χ1v) is 8.57. The molecule has 0 saturated heterocycles. The van der Waals surface area contributed by atoms with E-state index in [1.54, 1.807) is 6.33 Å². The van der Waals surface area contributed by atoms with Gasteiger partial charge in [-0.25, -0.2) is 9.67 Å². The van der Waals surface area contributed by atoms with E-state index >= 15 is 0 Å². The molecule has 0 amide bonds. The lowest BCUT2D eigenvalue weighted by atomic mass is 9.65. The lowest BCUT2D eigenvalue weighted by molar-refractivity contribution is 0.0974. The third-order valence-corrected chi connectivity index (χ3v) is 5.08. The minimum atomic E-state index is 0.379. The molecule has 2 unspecified atom stereocenters. The van der Waals surface area contributed by atoms with Gasteiger partial charge in [0.05, 0.1) is 0 Å². The largest absolute Gasteiger partial charge is 0.314 e. The number of hydrogen-bond acceptors (Lipinski definition) is 3.